The van der Waals surface area contributed by atoms with Gasteiger partial charge in [0, 0.05) is 28.6 Å². The van der Waals surface area contributed by atoms with Gasteiger partial charge in [0.25, 0.3) is 0 Å². The van der Waals surface area contributed by atoms with Gasteiger partial charge in [-0.15, -0.1) is 0 Å². The smallest absolute Gasteiger partial charge is 0.336 e. The van der Waals surface area contributed by atoms with E-state index in [0.717, 1.165) is 5.56 Å². The summed E-state index contributed by atoms with van der Waals surface area (Å²) in [5, 5.41) is 10.7. The second-order valence-electron chi connectivity index (χ2n) is 14.2. The lowest BCUT2D eigenvalue weighted by molar-refractivity contribution is -0.146. The molecule has 5 rings (SSSR count). The van der Waals surface area contributed by atoms with Gasteiger partial charge in [0.05, 0.1) is 43.4 Å². The summed E-state index contributed by atoms with van der Waals surface area (Å²) in [6, 6.07) is 17.1. The highest BCUT2D eigenvalue weighted by molar-refractivity contribution is 6.08. The molecule has 334 valence electrons. The number of carboxylic acid groups (broad SMARTS) is 1. The van der Waals surface area contributed by atoms with Crippen LogP contribution in [0.15, 0.2) is 82.0 Å². The maximum Gasteiger partial charge on any atom is 0.336 e. The first kappa shape index (κ1) is 47.0. The number of carbonyl (C=O) groups is 5. The van der Waals surface area contributed by atoms with Gasteiger partial charge in [0.2, 0.25) is 0 Å². The molecule has 63 heavy (non-hydrogen) atoms. The molecular formula is C47H52N2O14. The number of nitrogens with zero attached hydrogens (tertiary/aromatic N) is 2. The number of hydrogen-bond acceptors (Lipinski definition) is 15. The van der Waals surface area contributed by atoms with Crippen molar-refractivity contribution in [2.24, 2.45) is 0 Å². The van der Waals surface area contributed by atoms with E-state index in [1.165, 1.54) is 28.0 Å². The fourth-order valence-corrected chi connectivity index (χ4v) is 7.01. The summed E-state index contributed by atoms with van der Waals surface area (Å²) in [5.41, 5.74) is 2.45. The normalized spacial score (nSPS) is 11.9. The summed E-state index contributed by atoms with van der Waals surface area (Å²) < 4.78 is 40.3. The minimum atomic E-state index is -1.18. The molecular weight excluding hydrogens is 817 g/mol. The molecule has 2 atom stereocenters. The topological polar surface area (TPSA) is 198 Å². The third-order valence-corrected chi connectivity index (χ3v) is 9.93. The van der Waals surface area contributed by atoms with Gasteiger partial charge in [0.1, 0.15) is 61.2 Å². The Bertz CT molecular complexity index is 2480. The van der Waals surface area contributed by atoms with Crippen LogP contribution in [0.4, 0.5) is 11.4 Å². The van der Waals surface area contributed by atoms with E-state index in [0.29, 0.717) is 33.5 Å². The van der Waals surface area contributed by atoms with E-state index in [2.05, 4.69) is 0 Å². The van der Waals surface area contributed by atoms with Crippen molar-refractivity contribution in [2.45, 2.75) is 60.5 Å². The predicted octanol–water partition coefficient (Wildman–Crippen LogP) is 6.67. The van der Waals surface area contributed by atoms with Crippen LogP contribution in [-0.2, 0) is 38.1 Å². The number of fused-ring (bicyclic) bond motifs is 2. The molecule has 0 radical (unpaired) electrons. The maximum atomic E-state index is 13.3. The van der Waals surface area contributed by atoms with Gasteiger partial charge < -0.3 is 47.7 Å². The highest BCUT2D eigenvalue weighted by atomic mass is 16.6. The van der Waals surface area contributed by atoms with Crippen molar-refractivity contribution >= 4 is 52.2 Å². The summed E-state index contributed by atoms with van der Waals surface area (Å²) in [7, 11) is 0. The van der Waals surface area contributed by atoms with Gasteiger partial charge in [-0.2, -0.15) is 0 Å². The summed E-state index contributed by atoms with van der Waals surface area (Å²) in [6.07, 6.45) is 0. The van der Waals surface area contributed by atoms with Gasteiger partial charge in [-0.25, -0.2) is 14.4 Å². The van der Waals surface area contributed by atoms with E-state index in [1.807, 2.05) is 13.0 Å². The zero-order chi connectivity index (χ0) is 45.8. The molecule has 3 aromatic carbocycles. The summed E-state index contributed by atoms with van der Waals surface area (Å²) in [4.78, 5) is 80.4. The lowest BCUT2D eigenvalue weighted by Gasteiger charge is -2.31. The Morgan fingerprint density at radius 3 is 1.78 bits per heavy atom. The second kappa shape index (κ2) is 21.6. The Morgan fingerprint density at radius 2 is 1.21 bits per heavy atom. The van der Waals surface area contributed by atoms with Crippen LogP contribution >= 0.6 is 0 Å². The molecule has 1 N–H and O–H groups in total. The lowest BCUT2D eigenvalue weighted by atomic mass is 9.90. The summed E-state index contributed by atoms with van der Waals surface area (Å²) in [6.45, 7) is 11.2. The average Bonchev–Trinajstić information content (AvgIpc) is 3.25. The number of carboxylic acids is 1. The molecule has 0 aromatic heterocycles. The Kier molecular flexibility index (Phi) is 16.1. The quantitative estimate of drug-likeness (QED) is 0.0355. The van der Waals surface area contributed by atoms with Crippen LogP contribution in [0.3, 0.4) is 0 Å². The van der Waals surface area contributed by atoms with Crippen molar-refractivity contribution in [3.63, 3.8) is 0 Å². The van der Waals surface area contributed by atoms with E-state index in [-0.39, 0.29) is 80.0 Å². The highest BCUT2D eigenvalue weighted by Crippen LogP contribution is 2.45. The van der Waals surface area contributed by atoms with Crippen LogP contribution in [-0.4, -0.2) is 99.8 Å². The molecule has 0 saturated heterocycles. The molecule has 0 amide bonds. The third-order valence-electron chi connectivity index (χ3n) is 9.93. The monoisotopic (exact) mass is 868 g/mol. The van der Waals surface area contributed by atoms with Crippen LogP contribution in [0, 0.1) is 6.92 Å². The average molecular weight is 869 g/mol. The number of esters is 4. The van der Waals surface area contributed by atoms with Gasteiger partial charge >= 0.3 is 29.8 Å². The van der Waals surface area contributed by atoms with E-state index in [9.17, 15) is 33.9 Å². The number of benzene rings is 4. The molecule has 2 aliphatic rings. The van der Waals surface area contributed by atoms with Gasteiger partial charge in [-0.1, -0.05) is 24.3 Å². The molecule has 0 bridgehead atoms. The second-order valence-corrected chi connectivity index (χ2v) is 14.2. The van der Waals surface area contributed by atoms with Crippen molar-refractivity contribution < 1.29 is 61.9 Å². The summed E-state index contributed by atoms with van der Waals surface area (Å²) >= 11 is 0. The molecule has 0 spiro atoms. The van der Waals surface area contributed by atoms with Gasteiger partial charge in [-0.3, -0.25) is 14.4 Å². The number of aryl methyl sites for hydroxylation is 1. The Balaban J connectivity index is 1.66. The minimum Gasteiger partial charge on any atom is -0.488 e. The molecule has 1 heterocycles. The van der Waals surface area contributed by atoms with Crippen LogP contribution in [0.25, 0.3) is 33.4 Å². The van der Waals surface area contributed by atoms with E-state index in [1.54, 1.807) is 90.1 Å². The van der Waals surface area contributed by atoms with Gasteiger partial charge in [0.15, 0.2) is 5.43 Å². The van der Waals surface area contributed by atoms with Crippen LogP contribution < -0.4 is 24.7 Å². The molecule has 0 fully saturated rings. The number of hydrogen-bond donors (Lipinski definition) is 1. The van der Waals surface area contributed by atoms with Crippen LogP contribution in [0.5, 0.6) is 11.5 Å². The number of carbonyl (C=O) groups excluding carboxylic acids is 4. The maximum absolute atomic E-state index is 13.3. The first-order valence-corrected chi connectivity index (χ1v) is 20.6. The summed E-state index contributed by atoms with van der Waals surface area (Å²) in [5.74, 6) is -2.96. The van der Waals surface area contributed by atoms with E-state index in [4.69, 9.17) is 32.8 Å². The zero-order valence-corrected chi connectivity index (χ0v) is 36.4. The van der Waals surface area contributed by atoms with E-state index >= 15 is 0 Å². The molecule has 16 heteroatoms. The highest BCUT2D eigenvalue weighted by Gasteiger charge is 2.31. The first-order valence-electron chi connectivity index (χ1n) is 20.6. The first-order chi connectivity index (χ1) is 30.2. The van der Waals surface area contributed by atoms with Crippen molar-refractivity contribution in [3.8, 4) is 33.9 Å². The molecule has 16 nitrogen and oxygen atoms in total. The largest absolute Gasteiger partial charge is 0.488 e. The number of anilines is 2. The minimum absolute atomic E-state index is 0.0134. The number of ether oxygens (including phenoxy) is 6. The SMILES string of the molecule is CCOC(=O)CN(c1ccc(C)cc1OCCOc1cc2c(-c3ccccc3C(=O)O)c3ccc(=O)cc-3oc2cc1N(CC(=O)OCC)C(C)C(=O)OCC)C(C)C(=O)OCC. The van der Waals surface area contributed by atoms with Crippen molar-refractivity contribution in [1.29, 1.82) is 0 Å². The molecule has 2 unspecified atom stereocenters. The molecule has 0 saturated carbocycles. The Hall–Kier alpha value is -7.10. The van der Waals surface area contributed by atoms with Crippen molar-refractivity contribution in [1.82, 2.24) is 0 Å². The third kappa shape index (κ3) is 11.2. The molecule has 1 aliphatic carbocycles. The van der Waals surface area contributed by atoms with Crippen LogP contribution in [0.2, 0.25) is 0 Å². The fraction of sp³-hybridized carbons (Fsp3) is 0.362. The predicted molar refractivity (Wildman–Crippen MR) is 234 cm³/mol. The standard InChI is InChI=1S/C47H52N2O14/c1-8-57-42(51)26-48(29(6)46(55)59-10-3)36-19-16-28(5)22-40(36)61-20-21-62-41-24-35-39(25-37(41)49(27-43(52)58-9-2)30(7)47(56)60-11-4)63-38-23-31(50)17-18-34(38)44(35)32-14-12-13-15-33(32)45(53)54/h12-19,22-25,29-30H,8-11,20-21,26-27H2,1-7H3,(H,53,54). The van der Waals surface area contributed by atoms with E-state index < -0.39 is 48.5 Å². The zero-order valence-electron chi connectivity index (χ0n) is 36.4. The molecule has 1 aliphatic heterocycles. The van der Waals surface area contributed by atoms with Crippen molar-refractivity contribution in [2.75, 3.05) is 62.5 Å². The number of rotatable bonds is 21. The Morgan fingerprint density at radius 1 is 0.651 bits per heavy atom. The Labute approximate surface area is 364 Å². The molecule has 3 aromatic rings. The number of aromatic carboxylic acids is 1. The fourth-order valence-electron chi connectivity index (χ4n) is 7.01. The van der Waals surface area contributed by atoms with Crippen LogP contribution in [0.1, 0.15) is 57.5 Å². The van der Waals surface area contributed by atoms with Gasteiger partial charge in [-0.05, 0) is 96.0 Å². The lowest BCUT2D eigenvalue weighted by Crippen LogP contribution is -2.44. The van der Waals surface area contributed by atoms with Crippen molar-refractivity contribution in [3.05, 3.63) is 94.1 Å².